The molecule has 1 aliphatic rings. The zero-order chi connectivity index (χ0) is 13.0. The standard InChI is InChI=1S/C13H16FIO3/c1-16-11-4-2-9(3-5-11)13-17-8-12(18-13)6-10(14)7-15/h2-5,10,12-13H,6-8H2,1H3/t10?,12-,13?/m1/s1. The first-order valence-corrected chi connectivity index (χ1v) is 7.36. The lowest BCUT2D eigenvalue weighted by atomic mass is 10.2. The Morgan fingerprint density at radius 3 is 2.78 bits per heavy atom. The normalized spacial score (nSPS) is 25.1. The number of rotatable bonds is 5. The molecule has 0 saturated carbocycles. The van der Waals surface area contributed by atoms with E-state index in [1.54, 1.807) is 7.11 Å². The molecule has 0 aliphatic carbocycles. The van der Waals surface area contributed by atoms with E-state index in [9.17, 15) is 4.39 Å². The quantitative estimate of drug-likeness (QED) is 0.592. The summed E-state index contributed by atoms with van der Waals surface area (Å²) in [5.41, 5.74) is 0.934. The molecule has 2 unspecified atom stereocenters. The third kappa shape index (κ3) is 3.55. The van der Waals surface area contributed by atoms with Crippen molar-refractivity contribution in [1.29, 1.82) is 0 Å². The van der Waals surface area contributed by atoms with Gasteiger partial charge in [0.25, 0.3) is 0 Å². The molecule has 3 atom stereocenters. The van der Waals surface area contributed by atoms with Crippen molar-refractivity contribution in [2.75, 3.05) is 18.1 Å². The van der Waals surface area contributed by atoms with Crippen LogP contribution >= 0.6 is 22.6 Å². The van der Waals surface area contributed by atoms with E-state index in [-0.39, 0.29) is 12.4 Å². The number of benzene rings is 1. The number of ether oxygens (including phenoxy) is 3. The highest BCUT2D eigenvalue weighted by atomic mass is 127. The molecule has 1 aliphatic heterocycles. The Morgan fingerprint density at radius 2 is 2.17 bits per heavy atom. The van der Waals surface area contributed by atoms with Crippen LogP contribution in [0, 0.1) is 0 Å². The van der Waals surface area contributed by atoms with Crippen molar-refractivity contribution in [3.8, 4) is 5.75 Å². The zero-order valence-corrected chi connectivity index (χ0v) is 12.3. The summed E-state index contributed by atoms with van der Waals surface area (Å²) in [6.07, 6.45) is -0.965. The monoisotopic (exact) mass is 366 g/mol. The van der Waals surface area contributed by atoms with E-state index < -0.39 is 6.17 Å². The van der Waals surface area contributed by atoms with Crippen LogP contribution < -0.4 is 4.74 Å². The van der Waals surface area contributed by atoms with Gasteiger partial charge >= 0.3 is 0 Å². The van der Waals surface area contributed by atoms with Crippen LogP contribution in [0.3, 0.4) is 0 Å². The lowest BCUT2D eigenvalue weighted by Gasteiger charge is -2.13. The summed E-state index contributed by atoms with van der Waals surface area (Å²) in [5, 5.41) is 0. The van der Waals surface area contributed by atoms with Gasteiger partial charge < -0.3 is 14.2 Å². The molecule has 2 rings (SSSR count). The minimum Gasteiger partial charge on any atom is -0.497 e. The van der Waals surface area contributed by atoms with Crippen LogP contribution in [0.25, 0.3) is 0 Å². The topological polar surface area (TPSA) is 27.7 Å². The Kier molecular flexibility index (Phi) is 5.20. The second-order valence-corrected chi connectivity index (χ2v) is 5.06. The molecule has 18 heavy (non-hydrogen) atoms. The van der Waals surface area contributed by atoms with E-state index in [0.717, 1.165) is 11.3 Å². The lowest BCUT2D eigenvalue weighted by Crippen LogP contribution is -2.17. The van der Waals surface area contributed by atoms with Gasteiger partial charge in [-0.1, -0.05) is 34.7 Å². The van der Waals surface area contributed by atoms with Crippen molar-refractivity contribution in [3.05, 3.63) is 29.8 Å². The Labute approximate surface area is 120 Å². The molecule has 100 valence electrons. The van der Waals surface area contributed by atoms with Gasteiger partial charge in [0.15, 0.2) is 6.29 Å². The molecule has 1 fully saturated rings. The highest BCUT2D eigenvalue weighted by molar-refractivity contribution is 14.1. The molecule has 0 spiro atoms. The van der Waals surface area contributed by atoms with E-state index in [4.69, 9.17) is 14.2 Å². The third-order valence-electron chi connectivity index (χ3n) is 2.82. The summed E-state index contributed by atoms with van der Waals surface area (Å²) < 4.78 is 30.1. The van der Waals surface area contributed by atoms with Gasteiger partial charge in [-0.3, -0.25) is 0 Å². The minimum atomic E-state index is -0.825. The van der Waals surface area contributed by atoms with Crippen LogP contribution in [0.15, 0.2) is 24.3 Å². The molecule has 0 amide bonds. The first-order valence-electron chi connectivity index (χ1n) is 5.84. The SMILES string of the molecule is COc1ccc(C2OC[C@@H](CC(F)CI)O2)cc1. The van der Waals surface area contributed by atoms with Crippen LogP contribution in [0.5, 0.6) is 5.75 Å². The third-order valence-corrected chi connectivity index (χ3v) is 3.78. The Bertz CT molecular complexity index is 371. The van der Waals surface area contributed by atoms with Gasteiger partial charge in [-0.15, -0.1) is 0 Å². The summed E-state index contributed by atoms with van der Waals surface area (Å²) in [4.78, 5) is 0. The first-order chi connectivity index (χ1) is 8.72. The van der Waals surface area contributed by atoms with Crippen molar-refractivity contribution in [1.82, 2.24) is 0 Å². The van der Waals surface area contributed by atoms with Crippen LogP contribution in [0.4, 0.5) is 4.39 Å². The smallest absolute Gasteiger partial charge is 0.184 e. The summed E-state index contributed by atoms with van der Waals surface area (Å²) in [7, 11) is 1.62. The fraction of sp³-hybridized carbons (Fsp3) is 0.538. The lowest BCUT2D eigenvalue weighted by molar-refractivity contribution is -0.0633. The predicted octanol–water partition coefficient (Wildman–Crippen LogP) is 3.27. The number of halogens is 2. The van der Waals surface area contributed by atoms with Crippen LogP contribution in [-0.2, 0) is 9.47 Å². The van der Waals surface area contributed by atoms with Crippen molar-refractivity contribution in [2.45, 2.75) is 25.0 Å². The summed E-state index contributed by atoms with van der Waals surface area (Å²) in [6, 6.07) is 7.52. The van der Waals surface area contributed by atoms with Gasteiger partial charge in [0, 0.05) is 16.4 Å². The second kappa shape index (κ2) is 6.68. The van der Waals surface area contributed by atoms with E-state index in [1.807, 2.05) is 46.9 Å². The van der Waals surface area contributed by atoms with Gasteiger partial charge in [-0.25, -0.2) is 4.39 Å². The molecular weight excluding hydrogens is 350 g/mol. The van der Waals surface area contributed by atoms with Crippen molar-refractivity contribution >= 4 is 22.6 Å². The molecule has 0 bridgehead atoms. The summed E-state index contributed by atoms with van der Waals surface area (Å²) in [6.45, 7) is 0.452. The van der Waals surface area contributed by atoms with Crippen molar-refractivity contribution in [2.24, 2.45) is 0 Å². The highest BCUT2D eigenvalue weighted by Crippen LogP contribution is 2.30. The predicted molar refractivity (Wildman–Crippen MR) is 75.0 cm³/mol. The molecule has 5 heteroatoms. The van der Waals surface area contributed by atoms with Crippen LogP contribution in [0.1, 0.15) is 18.3 Å². The van der Waals surface area contributed by atoms with E-state index in [2.05, 4.69) is 0 Å². The molecule has 0 N–H and O–H groups in total. The van der Waals surface area contributed by atoms with E-state index >= 15 is 0 Å². The highest BCUT2D eigenvalue weighted by Gasteiger charge is 2.29. The summed E-state index contributed by atoms with van der Waals surface area (Å²) >= 11 is 2.04. The fourth-order valence-electron chi connectivity index (χ4n) is 1.86. The van der Waals surface area contributed by atoms with Gasteiger partial charge in [0.2, 0.25) is 0 Å². The number of alkyl halides is 2. The molecule has 1 heterocycles. The first kappa shape index (κ1) is 14.0. The number of hydrogen-bond acceptors (Lipinski definition) is 3. The Hall–Kier alpha value is -0.400. The molecule has 0 radical (unpaired) electrons. The van der Waals surface area contributed by atoms with Gasteiger partial charge in [0.05, 0.1) is 19.8 Å². The number of methoxy groups -OCH3 is 1. The second-order valence-electron chi connectivity index (χ2n) is 4.18. The fourth-order valence-corrected chi connectivity index (χ4v) is 2.22. The maximum Gasteiger partial charge on any atom is 0.184 e. The van der Waals surface area contributed by atoms with E-state index in [0.29, 0.717) is 17.5 Å². The maximum atomic E-state index is 13.3. The molecule has 3 nitrogen and oxygen atoms in total. The molecule has 0 aromatic heterocycles. The average molecular weight is 366 g/mol. The Morgan fingerprint density at radius 1 is 1.44 bits per heavy atom. The molecule has 1 aromatic rings. The largest absolute Gasteiger partial charge is 0.497 e. The molecule has 1 saturated heterocycles. The number of hydrogen-bond donors (Lipinski definition) is 0. The summed E-state index contributed by atoms with van der Waals surface area (Å²) in [5.74, 6) is 0.794. The molecule has 1 aromatic carbocycles. The maximum absolute atomic E-state index is 13.3. The molecular formula is C13H16FIO3. The Balaban J connectivity index is 1.91. The van der Waals surface area contributed by atoms with E-state index in [1.165, 1.54) is 0 Å². The van der Waals surface area contributed by atoms with Crippen LogP contribution in [0.2, 0.25) is 0 Å². The van der Waals surface area contributed by atoms with Gasteiger partial charge in [-0.2, -0.15) is 0 Å². The zero-order valence-electron chi connectivity index (χ0n) is 10.1. The van der Waals surface area contributed by atoms with Gasteiger partial charge in [-0.05, 0) is 12.1 Å². The average Bonchev–Trinajstić information content (AvgIpc) is 2.87. The van der Waals surface area contributed by atoms with Crippen molar-refractivity contribution < 1.29 is 18.6 Å². The van der Waals surface area contributed by atoms with Gasteiger partial charge in [0.1, 0.15) is 11.9 Å². The van der Waals surface area contributed by atoms with Crippen LogP contribution in [-0.4, -0.2) is 30.4 Å². The van der Waals surface area contributed by atoms with Crippen molar-refractivity contribution in [3.63, 3.8) is 0 Å². The minimum absolute atomic E-state index is 0.151.